The molecule has 2 N–H and O–H groups in total. The van der Waals surface area contributed by atoms with Crippen LogP contribution in [0, 0.1) is 6.92 Å². The van der Waals surface area contributed by atoms with Crippen molar-refractivity contribution in [1.29, 1.82) is 0 Å². The van der Waals surface area contributed by atoms with Gasteiger partial charge in [-0.25, -0.2) is 0 Å². The molecule has 0 unspecified atom stereocenters. The normalized spacial score (nSPS) is 18.8. The van der Waals surface area contributed by atoms with Gasteiger partial charge in [-0.1, -0.05) is 35.9 Å². The van der Waals surface area contributed by atoms with E-state index in [1.54, 1.807) is 0 Å². The van der Waals surface area contributed by atoms with Gasteiger partial charge in [0.2, 0.25) is 11.8 Å². The molecule has 1 atom stereocenters. The quantitative estimate of drug-likeness (QED) is 0.695. The Labute approximate surface area is 194 Å². The Kier molecular flexibility index (Phi) is 6.90. The third kappa shape index (κ3) is 5.19. The van der Waals surface area contributed by atoms with Crippen molar-refractivity contribution in [2.75, 3.05) is 49.5 Å². The number of nitrogens with zero attached hydrogens (tertiary/aromatic N) is 3. The Morgan fingerprint density at radius 3 is 2.41 bits per heavy atom. The van der Waals surface area contributed by atoms with E-state index in [9.17, 15) is 9.59 Å². The summed E-state index contributed by atoms with van der Waals surface area (Å²) in [4.78, 5) is 31.7. The van der Waals surface area contributed by atoms with E-state index in [1.165, 1.54) is 5.69 Å². The first kappa shape index (κ1) is 22.1. The van der Waals surface area contributed by atoms with E-state index in [4.69, 9.17) is 12.2 Å². The van der Waals surface area contributed by atoms with Crippen LogP contribution in [0.4, 0.5) is 11.4 Å². The molecule has 32 heavy (non-hydrogen) atoms. The lowest BCUT2D eigenvalue weighted by molar-refractivity contribution is -0.137. The standard InChI is InChI=1S/C24H29N5O2S/c1-18-7-9-19(10-8-18)26-24(32)29-12-11-25-23(31)21(29)17-22(30)28-15-13-27(14-16-28)20-5-3-2-4-6-20/h2-10,21H,11-17H2,1H3,(H,25,31)(H,26,32)/t21-/m0/s1. The predicted octanol–water partition coefficient (Wildman–Crippen LogP) is 2.23. The minimum Gasteiger partial charge on any atom is -0.368 e. The topological polar surface area (TPSA) is 67.9 Å². The van der Waals surface area contributed by atoms with Crippen molar-refractivity contribution in [3.05, 3.63) is 60.2 Å². The number of nitrogens with one attached hydrogen (secondary N) is 2. The Bertz CT molecular complexity index is 958. The van der Waals surface area contributed by atoms with Gasteiger partial charge in [0.25, 0.3) is 0 Å². The number of thiocarbonyl (C=S) groups is 1. The second kappa shape index (κ2) is 9.99. The third-order valence-corrected chi connectivity index (χ3v) is 6.35. The number of hydrogen-bond acceptors (Lipinski definition) is 4. The van der Waals surface area contributed by atoms with E-state index in [-0.39, 0.29) is 18.2 Å². The molecule has 168 valence electrons. The predicted molar refractivity (Wildman–Crippen MR) is 131 cm³/mol. The first-order valence-electron chi connectivity index (χ1n) is 11.0. The molecule has 2 aromatic rings. The monoisotopic (exact) mass is 451 g/mol. The molecule has 2 heterocycles. The molecule has 0 aromatic heterocycles. The number of carbonyl (C=O) groups excluding carboxylic acids is 2. The van der Waals surface area contributed by atoms with Crippen LogP contribution in [0.5, 0.6) is 0 Å². The number of hydrogen-bond donors (Lipinski definition) is 2. The molecule has 0 aliphatic carbocycles. The summed E-state index contributed by atoms with van der Waals surface area (Å²) in [6.07, 6.45) is 0.118. The fraction of sp³-hybridized carbons (Fsp3) is 0.375. The summed E-state index contributed by atoms with van der Waals surface area (Å²) in [5, 5.41) is 6.56. The maximum absolute atomic E-state index is 13.1. The number of carbonyl (C=O) groups is 2. The second-order valence-electron chi connectivity index (χ2n) is 8.20. The zero-order valence-corrected chi connectivity index (χ0v) is 19.1. The minimum atomic E-state index is -0.603. The van der Waals surface area contributed by atoms with Gasteiger partial charge in [0.1, 0.15) is 6.04 Å². The van der Waals surface area contributed by atoms with E-state index < -0.39 is 6.04 Å². The van der Waals surface area contributed by atoms with Gasteiger partial charge in [0.05, 0.1) is 6.42 Å². The van der Waals surface area contributed by atoms with E-state index in [0.29, 0.717) is 31.3 Å². The molecule has 0 bridgehead atoms. The van der Waals surface area contributed by atoms with Crippen LogP contribution in [0.2, 0.25) is 0 Å². The van der Waals surface area contributed by atoms with Gasteiger partial charge in [0, 0.05) is 50.6 Å². The summed E-state index contributed by atoms with van der Waals surface area (Å²) in [6.45, 7) is 5.96. The number of piperazine rings is 2. The van der Waals surface area contributed by atoms with Crippen molar-refractivity contribution in [3.8, 4) is 0 Å². The average molecular weight is 452 g/mol. The van der Waals surface area contributed by atoms with Crippen LogP contribution in [0.3, 0.4) is 0 Å². The molecular weight excluding hydrogens is 422 g/mol. The molecule has 8 heteroatoms. The maximum Gasteiger partial charge on any atom is 0.243 e. The summed E-state index contributed by atoms with van der Waals surface area (Å²) < 4.78 is 0. The molecule has 2 saturated heterocycles. The fourth-order valence-electron chi connectivity index (χ4n) is 4.14. The van der Waals surface area contributed by atoms with Gasteiger partial charge in [-0.3, -0.25) is 9.59 Å². The van der Waals surface area contributed by atoms with Crippen molar-refractivity contribution in [3.63, 3.8) is 0 Å². The zero-order valence-electron chi connectivity index (χ0n) is 18.3. The summed E-state index contributed by atoms with van der Waals surface area (Å²) in [5.41, 5.74) is 3.20. The van der Waals surface area contributed by atoms with E-state index in [1.807, 2.05) is 59.2 Å². The third-order valence-electron chi connectivity index (χ3n) is 6.02. The summed E-state index contributed by atoms with van der Waals surface area (Å²) in [5.74, 6) is -0.163. The molecule has 4 rings (SSSR count). The maximum atomic E-state index is 13.1. The SMILES string of the molecule is Cc1ccc(NC(=S)N2CCNC(=O)[C@@H]2CC(=O)N2CCN(c3ccccc3)CC2)cc1. The van der Waals surface area contributed by atoms with Gasteiger partial charge in [-0.05, 0) is 43.4 Å². The Hall–Kier alpha value is -3.13. The van der Waals surface area contributed by atoms with E-state index in [0.717, 1.165) is 24.3 Å². The van der Waals surface area contributed by atoms with Gasteiger partial charge in [-0.15, -0.1) is 0 Å². The fourth-order valence-corrected chi connectivity index (χ4v) is 4.48. The van der Waals surface area contributed by atoms with Crippen LogP contribution < -0.4 is 15.5 Å². The molecule has 7 nitrogen and oxygen atoms in total. The molecule has 2 aromatic carbocycles. The average Bonchev–Trinajstić information content (AvgIpc) is 2.82. The highest BCUT2D eigenvalue weighted by Gasteiger charge is 2.35. The largest absolute Gasteiger partial charge is 0.368 e. The van der Waals surface area contributed by atoms with Crippen LogP contribution in [0.1, 0.15) is 12.0 Å². The number of benzene rings is 2. The molecule has 0 spiro atoms. The van der Waals surface area contributed by atoms with Gasteiger partial charge < -0.3 is 25.3 Å². The number of amides is 2. The van der Waals surface area contributed by atoms with Crippen molar-refractivity contribution in [1.82, 2.24) is 15.1 Å². The van der Waals surface area contributed by atoms with Gasteiger partial charge in [0.15, 0.2) is 5.11 Å². The Balaban J connectivity index is 1.36. The lowest BCUT2D eigenvalue weighted by Gasteiger charge is -2.39. The molecular formula is C24H29N5O2S. The van der Waals surface area contributed by atoms with Gasteiger partial charge in [-0.2, -0.15) is 0 Å². The number of para-hydroxylation sites is 1. The highest BCUT2D eigenvalue weighted by atomic mass is 32.1. The van der Waals surface area contributed by atoms with Crippen LogP contribution in [0.25, 0.3) is 0 Å². The summed E-state index contributed by atoms with van der Waals surface area (Å²) in [7, 11) is 0. The summed E-state index contributed by atoms with van der Waals surface area (Å²) >= 11 is 5.60. The van der Waals surface area contributed by atoms with E-state index >= 15 is 0 Å². The van der Waals surface area contributed by atoms with Gasteiger partial charge >= 0.3 is 0 Å². The first-order valence-corrected chi connectivity index (χ1v) is 11.4. The van der Waals surface area contributed by atoms with Crippen molar-refractivity contribution >= 4 is 40.5 Å². The molecule has 2 amide bonds. The molecule has 0 saturated carbocycles. The first-order chi connectivity index (χ1) is 15.5. The Morgan fingerprint density at radius 2 is 1.72 bits per heavy atom. The minimum absolute atomic E-state index is 0.0112. The highest BCUT2D eigenvalue weighted by Crippen LogP contribution is 2.18. The van der Waals surface area contributed by atoms with Crippen LogP contribution in [0.15, 0.2) is 54.6 Å². The van der Waals surface area contributed by atoms with Crippen LogP contribution in [-0.2, 0) is 9.59 Å². The Morgan fingerprint density at radius 1 is 1.03 bits per heavy atom. The number of anilines is 2. The highest BCUT2D eigenvalue weighted by molar-refractivity contribution is 7.80. The molecule has 2 aliphatic rings. The lowest BCUT2D eigenvalue weighted by Crippen LogP contribution is -2.60. The molecule has 2 fully saturated rings. The smallest absolute Gasteiger partial charge is 0.243 e. The molecule has 0 radical (unpaired) electrons. The van der Waals surface area contributed by atoms with Crippen molar-refractivity contribution in [2.45, 2.75) is 19.4 Å². The second-order valence-corrected chi connectivity index (χ2v) is 8.59. The van der Waals surface area contributed by atoms with Crippen LogP contribution >= 0.6 is 12.2 Å². The van der Waals surface area contributed by atoms with Crippen LogP contribution in [-0.4, -0.2) is 72.0 Å². The van der Waals surface area contributed by atoms with Crippen molar-refractivity contribution < 1.29 is 9.59 Å². The van der Waals surface area contributed by atoms with E-state index in [2.05, 4.69) is 27.7 Å². The summed E-state index contributed by atoms with van der Waals surface area (Å²) in [6, 6.07) is 17.5. The lowest BCUT2D eigenvalue weighted by atomic mass is 10.1. The molecule has 2 aliphatic heterocycles. The zero-order chi connectivity index (χ0) is 22.5. The number of rotatable bonds is 4. The number of aryl methyl sites for hydroxylation is 1. The van der Waals surface area contributed by atoms with Crippen molar-refractivity contribution in [2.24, 2.45) is 0 Å².